The summed E-state index contributed by atoms with van der Waals surface area (Å²) in [5, 5.41) is 4.41. The van der Waals surface area contributed by atoms with Crippen LogP contribution in [0.15, 0.2) is 36.5 Å². The van der Waals surface area contributed by atoms with Crippen LogP contribution in [0.3, 0.4) is 0 Å². The lowest BCUT2D eigenvalue weighted by atomic mass is 9.82. The summed E-state index contributed by atoms with van der Waals surface area (Å²) in [6.45, 7) is 3.86. The predicted molar refractivity (Wildman–Crippen MR) is 97.0 cm³/mol. The Balaban J connectivity index is 1.73. The molecule has 2 aromatic heterocycles. The summed E-state index contributed by atoms with van der Waals surface area (Å²) >= 11 is 0. The third-order valence-corrected chi connectivity index (χ3v) is 4.79. The highest BCUT2D eigenvalue weighted by Gasteiger charge is 2.30. The fourth-order valence-corrected chi connectivity index (χ4v) is 3.53. The smallest absolute Gasteiger partial charge is 0.251 e. The number of carbonyl (C=O) groups excluding carboxylic acids is 1. The third kappa shape index (κ3) is 2.87. The summed E-state index contributed by atoms with van der Waals surface area (Å²) in [5.41, 5.74) is 4.44. The molecule has 0 N–H and O–H groups in total. The predicted octanol–water partition coefficient (Wildman–Crippen LogP) is 3.20. The van der Waals surface area contributed by atoms with E-state index in [4.69, 9.17) is 4.74 Å². The average Bonchev–Trinajstić information content (AvgIpc) is 3.05. The van der Waals surface area contributed by atoms with Crippen molar-refractivity contribution in [3.63, 3.8) is 0 Å². The second-order valence-corrected chi connectivity index (χ2v) is 6.67. The molecule has 0 radical (unpaired) electrons. The number of nitrogens with zero attached hydrogens (tertiary/aromatic N) is 4. The summed E-state index contributed by atoms with van der Waals surface area (Å²) in [7, 11) is 1.65. The van der Waals surface area contributed by atoms with Crippen molar-refractivity contribution in [2.45, 2.75) is 32.6 Å². The largest absolute Gasteiger partial charge is 0.497 e. The molecular formula is C20H20N4O2. The Morgan fingerprint density at radius 1 is 1.08 bits per heavy atom. The van der Waals surface area contributed by atoms with Gasteiger partial charge in [-0.05, 0) is 49.9 Å². The Morgan fingerprint density at radius 2 is 1.77 bits per heavy atom. The molecule has 6 nitrogen and oxygen atoms in total. The maximum atomic E-state index is 12.7. The van der Waals surface area contributed by atoms with E-state index in [0.29, 0.717) is 17.9 Å². The van der Waals surface area contributed by atoms with E-state index < -0.39 is 0 Å². The minimum Gasteiger partial charge on any atom is -0.497 e. The molecule has 0 saturated heterocycles. The van der Waals surface area contributed by atoms with Gasteiger partial charge in [0.2, 0.25) is 0 Å². The minimum atomic E-state index is 0.113. The monoisotopic (exact) mass is 348 g/mol. The number of aromatic nitrogens is 4. The highest BCUT2D eigenvalue weighted by atomic mass is 16.5. The van der Waals surface area contributed by atoms with Crippen molar-refractivity contribution >= 4 is 5.78 Å². The number of hydrogen-bond acceptors (Lipinski definition) is 5. The second kappa shape index (κ2) is 6.37. The van der Waals surface area contributed by atoms with Crippen molar-refractivity contribution < 1.29 is 9.53 Å². The molecule has 4 rings (SSSR count). The number of benzene rings is 1. The first kappa shape index (κ1) is 16.4. The normalized spacial score (nSPS) is 16.4. The zero-order chi connectivity index (χ0) is 18.3. The van der Waals surface area contributed by atoms with E-state index in [1.54, 1.807) is 18.0 Å². The fourth-order valence-electron chi connectivity index (χ4n) is 3.53. The van der Waals surface area contributed by atoms with E-state index in [1.807, 2.05) is 44.2 Å². The highest BCUT2D eigenvalue weighted by Crippen LogP contribution is 2.34. The van der Waals surface area contributed by atoms with Crippen LogP contribution in [0, 0.1) is 13.8 Å². The first-order chi connectivity index (χ1) is 12.5. The summed E-state index contributed by atoms with van der Waals surface area (Å²) in [6, 6.07) is 9.83. The van der Waals surface area contributed by atoms with Crippen molar-refractivity contribution in [1.29, 1.82) is 0 Å². The number of hydrogen-bond donors (Lipinski definition) is 0. The van der Waals surface area contributed by atoms with Gasteiger partial charge in [0.15, 0.2) is 5.78 Å². The van der Waals surface area contributed by atoms with Gasteiger partial charge in [-0.15, -0.1) is 0 Å². The molecule has 0 fully saturated rings. The van der Waals surface area contributed by atoms with Gasteiger partial charge in [-0.25, -0.2) is 14.6 Å². The standard InChI is InChI=1S/C20H20N4O2/c1-12-8-13(2)23-20(22-12)24-18-9-15(10-19(25)17(18)11-21-24)14-4-6-16(26-3)7-5-14/h4-8,11,15H,9-10H2,1-3H3/t15-/m1/s1. The second-order valence-electron chi connectivity index (χ2n) is 6.67. The van der Waals surface area contributed by atoms with E-state index in [1.165, 1.54) is 0 Å². The number of ketones is 1. The molecule has 6 heteroatoms. The number of rotatable bonds is 3. The average molecular weight is 348 g/mol. The van der Waals surface area contributed by atoms with Crippen LogP contribution in [0.1, 0.15) is 45.3 Å². The van der Waals surface area contributed by atoms with Crippen LogP contribution in [0.5, 0.6) is 5.75 Å². The number of ether oxygens (including phenoxy) is 1. The molecule has 132 valence electrons. The lowest BCUT2D eigenvalue weighted by Crippen LogP contribution is -2.21. The van der Waals surface area contributed by atoms with Crippen molar-refractivity contribution in [3.05, 3.63) is 64.7 Å². The summed E-state index contributed by atoms with van der Waals surface area (Å²) < 4.78 is 6.93. The first-order valence-electron chi connectivity index (χ1n) is 8.62. The van der Waals surface area contributed by atoms with Crippen molar-refractivity contribution in [2.75, 3.05) is 7.11 Å². The van der Waals surface area contributed by atoms with Crippen LogP contribution in [0.4, 0.5) is 0 Å². The van der Waals surface area contributed by atoms with Gasteiger partial charge >= 0.3 is 0 Å². The molecule has 0 spiro atoms. The van der Waals surface area contributed by atoms with E-state index in [2.05, 4.69) is 15.1 Å². The lowest BCUT2D eigenvalue weighted by Gasteiger charge is -2.22. The van der Waals surface area contributed by atoms with E-state index in [-0.39, 0.29) is 11.7 Å². The Bertz CT molecular complexity index is 956. The number of fused-ring (bicyclic) bond motifs is 1. The Labute approximate surface area is 151 Å². The number of Topliss-reactive ketones (excluding diaryl/α,β-unsaturated/α-hetero) is 1. The van der Waals surface area contributed by atoms with Gasteiger partial charge in [0.05, 0.1) is 24.6 Å². The molecule has 1 aromatic carbocycles. The van der Waals surface area contributed by atoms with Gasteiger partial charge in [-0.2, -0.15) is 5.10 Å². The lowest BCUT2D eigenvalue weighted by molar-refractivity contribution is 0.0963. The Kier molecular flexibility index (Phi) is 4.03. The zero-order valence-electron chi connectivity index (χ0n) is 15.1. The quantitative estimate of drug-likeness (QED) is 0.727. The van der Waals surface area contributed by atoms with Crippen LogP contribution in [0.2, 0.25) is 0 Å². The number of aryl methyl sites for hydroxylation is 2. The molecule has 0 amide bonds. The Morgan fingerprint density at radius 3 is 2.42 bits per heavy atom. The van der Waals surface area contributed by atoms with Crippen LogP contribution < -0.4 is 4.74 Å². The maximum Gasteiger partial charge on any atom is 0.251 e. The molecule has 2 heterocycles. The maximum absolute atomic E-state index is 12.7. The molecule has 0 bridgehead atoms. The van der Waals surface area contributed by atoms with Gasteiger partial charge < -0.3 is 4.74 Å². The molecule has 1 aliphatic carbocycles. The van der Waals surface area contributed by atoms with Crippen molar-refractivity contribution in [1.82, 2.24) is 19.7 Å². The van der Waals surface area contributed by atoms with Crippen molar-refractivity contribution in [3.8, 4) is 11.7 Å². The van der Waals surface area contributed by atoms with E-state index in [0.717, 1.165) is 34.8 Å². The van der Waals surface area contributed by atoms with Gasteiger partial charge in [-0.1, -0.05) is 12.1 Å². The van der Waals surface area contributed by atoms with Gasteiger partial charge in [0, 0.05) is 17.8 Å². The molecule has 0 aliphatic heterocycles. The Hall–Kier alpha value is -3.02. The molecular weight excluding hydrogens is 328 g/mol. The van der Waals surface area contributed by atoms with E-state index >= 15 is 0 Å². The molecule has 26 heavy (non-hydrogen) atoms. The molecule has 3 aromatic rings. The number of carbonyl (C=O) groups is 1. The van der Waals surface area contributed by atoms with Crippen LogP contribution in [0.25, 0.3) is 5.95 Å². The number of methoxy groups -OCH3 is 1. The third-order valence-electron chi connectivity index (χ3n) is 4.79. The van der Waals surface area contributed by atoms with Gasteiger partial charge in [0.1, 0.15) is 5.75 Å². The molecule has 0 unspecified atom stereocenters. The highest BCUT2D eigenvalue weighted by molar-refractivity contribution is 5.98. The minimum absolute atomic E-state index is 0.113. The fraction of sp³-hybridized carbons (Fsp3) is 0.300. The van der Waals surface area contributed by atoms with Crippen LogP contribution in [-0.2, 0) is 6.42 Å². The SMILES string of the molecule is COc1ccc([C@H]2CC(=O)c3cnn(-c4nc(C)cc(C)n4)c3C2)cc1. The van der Waals surface area contributed by atoms with Crippen LogP contribution in [-0.4, -0.2) is 32.6 Å². The van der Waals surface area contributed by atoms with Crippen molar-refractivity contribution in [2.24, 2.45) is 0 Å². The summed E-state index contributed by atoms with van der Waals surface area (Å²) in [6.07, 6.45) is 2.85. The summed E-state index contributed by atoms with van der Waals surface area (Å²) in [4.78, 5) is 21.6. The topological polar surface area (TPSA) is 69.9 Å². The molecule has 1 atom stereocenters. The van der Waals surface area contributed by atoms with E-state index in [9.17, 15) is 4.79 Å². The molecule has 1 aliphatic rings. The first-order valence-corrected chi connectivity index (χ1v) is 8.62. The summed E-state index contributed by atoms with van der Waals surface area (Å²) in [5.74, 6) is 1.56. The molecule has 0 saturated carbocycles. The zero-order valence-corrected chi connectivity index (χ0v) is 15.1. The van der Waals surface area contributed by atoms with Gasteiger partial charge in [0.25, 0.3) is 5.95 Å². The van der Waals surface area contributed by atoms with Crippen LogP contribution >= 0.6 is 0 Å². The van der Waals surface area contributed by atoms with Gasteiger partial charge in [-0.3, -0.25) is 4.79 Å².